The molecule has 5 heteroatoms. The summed E-state index contributed by atoms with van der Waals surface area (Å²) in [5.41, 5.74) is 7.27. The average molecular weight is 244 g/mol. The van der Waals surface area contributed by atoms with Gasteiger partial charge in [-0.15, -0.1) is 12.4 Å². The minimum atomic E-state index is -0.336. The number of fused-ring (bicyclic) bond motifs is 1. The molecule has 0 amide bonds. The van der Waals surface area contributed by atoms with E-state index in [4.69, 9.17) is 10.5 Å². The Bertz CT molecular complexity index is 395. The summed E-state index contributed by atoms with van der Waals surface area (Å²) < 4.78 is 10.1. The van der Waals surface area contributed by atoms with Crippen molar-refractivity contribution in [3.63, 3.8) is 0 Å². The minimum Gasteiger partial charge on any atom is -0.492 e. The second-order valence-corrected chi connectivity index (χ2v) is 3.59. The fourth-order valence-corrected chi connectivity index (χ4v) is 1.66. The van der Waals surface area contributed by atoms with Crippen molar-refractivity contribution < 1.29 is 14.3 Å². The minimum absolute atomic E-state index is 0. The second kappa shape index (κ2) is 5.18. The molecule has 1 atom stereocenters. The first kappa shape index (κ1) is 12.8. The highest BCUT2D eigenvalue weighted by Gasteiger charge is 2.18. The average Bonchev–Trinajstić information content (AvgIpc) is 2.27. The Hall–Kier alpha value is -1.26. The van der Waals surface area contributed by atoms with Crippen LogP contribution in [0.2, 0.25) is 0 Å². The largest absolute Gasteiger partial charge is 0.492 e. The van der Waals surface area contributed by atoms with Gasteiger partial charge in [-0.05, 0) is 30.2 Å². The molecule has 1 aromatic rings. The van der Waals surface area contributed by atoms with Crippen molar-refractivity contribution in [3.05, 3.63) is 29.3 Å². The third-order valence-electron chi connectivity index (χ3n) is 2.42. The molecule has 0 saturated heterocycles. The molecule has 1 aliphatic heterocycles. The Balaban J connectivity index is 0.00000128. The van der Waals surface area contributed by atoms with E-state index in [9.17, 15) is 4.79 Å². The molecule has 2 rings (SSSR count). The van der Waals surface area contributed by atoms with Crippen LogP contribution < -0.4 is 10.5 Å². The van der Waals surface area contributed by atoms with E-state index >= 15 is 0 Å². The van der Waals surface area contributed by atoms with Crippen LogP contribution in [-0.2, 0) is 11.2 Å². The number of hydrogen-bond donors (Lipinski definition) is 1. The summed E-state index contributed by atoms with van der Waals surface area (Å²) in [6.07, 6.45) is 0.736. The predicted octanol–water partition coefficient (Wildman–Crippen LogP) is 1.16. The van der Waals surface area contributed by atoms with Crippen LogP contribution in [-0.4, -0.2) is 25.7 Å². The summed E-state index contributed by atoms with van der Waals surface area (Å²) in [4.78, 5) is 11.3. The third-order valence-corrected chi connectivity index (χ3v) is 2.42. The van der Waals surface area contributed by atoms with E-state index in [1.807, 2.05) is 0 Å². The van der Waals surface area contributed by atoms with Crippen molar-refractivity contribution in [1.82, 2.24) is 0 Å². The maximum atomic E-state index is 11.3. The van der Waals surface area contributed by atoms with Gasteiger partial charge in [-0.25, -0.2) is 4.79 Å². The summed E-state index contributed by atoms with van der Waals surface area (Å²) in [7, 11) is 1.37. The molecule has 1 unspecified atom stereocenters. The fraction of sp³-hybridized carbons (Fsp3) is 0.364. The van der Waals surface area contributed by atoms with Crippen molar-refractivity contribution in [2.75, 3.05) is 13.7 Å². The van der Waals surface area contributed by atoms with E-state index in [1.54, 1.807) is 18.2 Å². The van der Waals surface area contributed by atoms with Gasteiger partial charge in [0.05, 0.1) is 12.7 Å². The highest BCUT2D eigenvalue weighted by molar-refractivity contribution is 5.89. The molecule has 1 aromatic carbocycles. The molecule has 0 aliphatic carbocycles. The maximum Gasteiger partial charge on any atom is 0.337 e. The Kier molecular flexibility index (Phi) is 4.15. The maximum absolute atomic E-state index is 11.3. The summed E-state index contributed by atoms with van der Waals surface area (Å²) in [6, 6.07) is 5.26. The molecule has 1 aliphatic rings. The number of rotatable bonds is 1. The molecule has 16 heavy (non-hydrogen) atoms. The van der Waals surface area contributed by atoms with Crippen LogP contribution in [0.25, 0.3) is 0 Å². The van der Waals surface area contributed by atoms with Gasteiger partial charge in [-0.3, -0.25) is 0 Å². The zero-order valence-electron chi connectivity index (χ0n) is 8.93. The van der Waals surface area contributed by atoms with Crippen molar-refractivity contribution in [1.29, 1.82) is 0 Å². The van der Waals surface area contributed by atoms with Crippen molar-refractivity contribution in [2.45, 2.75) is 12.5 Å². The van der Waals surface area contributed by atoms with Gasteiger partial charge in [0.2, 0.25) is 0 Å². The summed E-state index contributed by atoms with van der Waals surface area (Å²) in [6.45, 7) is 0.532. The molecule has 2 N–H and O–H groups in total. The number of benzene rings is 1. The lowest BCUT2D eigenvalue weighted by atomic mass is 10.0. The smallest absolute Gasteiger partial charge is 0.337 e. The first-order valence-corrected chi connectivity index (χ1v) is 4.80. The number of hydrogen-bond acceptors (Lipinski definition) is 4. The first-order valence-electron chi connectivity index (χ1n) is 4.80. The lowest BCUT2D eigenvalue weighted by Crippen LogP contribution is -2.33. The number of esters is 1. The topological polar surface area (TPSA) is 61.5 Å². The van der Waals surface area contributed by atoms with Gasteiger partial charge in [-0.2, -0.15) is 0 Å². The van der Waals surface area contributed by atoms with Crippen LogP contribution >= 0.6 is 12.4 Å². The summed E-state index contributed by atoms with van der Waals surface area (Å²) in [5, 5.41) is 0. The SMILES string of the molecule is COC(=O)c1ccc2c(c1)CC(N)CO2.Cl. The van der Waals surface area contributed by atoms with Gasteiger partial charge >= 0.3 is 5.97 Å². The predicted molar refractivity (Wildman–Crippen MR) is 62.2 cm³/mol. The van der Waals surface area contributed by atoms with E-state index in [1.165, 1.54) is 7.11 Å². The third kappa shape index (κ3) is 2.46. The van der Waals surface area contributed by atoms with E-state index < -0.39 is 0 Å². The molecule has 0 spiro atoms. The van der Waals surface area contributed by atoms with E-state index in [2.05, 4.69) is 4.74 Å². The first-order chi connectivity index (χ1) is 7.20. The van der Waals surface area contributed by atoms with Crippen LogP contribution in [0.5, 0.6) is 5.75 Å². The molecule has 0 fully saturated rings. The van der Waals surface area contributed by atoms with Crippen LogP contribution in [0.3, 0.4) is 0 Å². The van der Waals surface area contributed by atoms with E-state index in [-0.39, 0.29) is 24.4 Å². The monoisotopic (exact) mass is 243 g/mol. The molecular formula is C11H14ClNO3. The van der Waals surface area contributed by atoms with Crippen LogP contribution in [0.4, 0.5) is 0 Å². The summed E-state index contributed by atoms with van der Waals surface area (Å²) in [5.74, 6) is 0.473. The van der Waals surface area contributed by atoms with Gasteiger partial charge in [0.15, 0.2) is 0 Å². The highest BCUT2D eigenvalue weighted by atomic mass is 35.5. The lowest BCUT2D eigenvalue weighted by molar-refractivity contribution is 0.0600. The molecule has 0 bridgehead atoms. The highest BCUT2D eigenvalue weighted by Crippen LogP contribution is 2.25. The standard InChI is InChI=1S/C11H13NO3.ClH/c1-14-11(13)7-2-3-10-8(4-7)5-9(12)6-15-10;/h2-4,9H,5-6,12H2,1H3;1H. The number of halogens is 1. The van der Waals surface area contributed by atoms with E-state index in [0.717, 1.165) is 17.7 Å². The second-order valence-electron chi connectivity index (χ2n) is 3.59. The normalized spacial score (nSPS) is 17.8. The van der Waals surface area contributed by atoms with Gasteiger partial charge < -0.3 is 15.2 Å². The molecule has 0 aromatic heterocycles. The van der Waals surface area contributed by atoms with Crippen LogP contribution in [0, 0.1) is 0 Å². The number of methoxy groups -OCH3 is 1. The Labute approximate surface area is 100 Å². The quantitative estimate of drug-likeness (QED) is 0.752. The Morgan fingerprint density at radius 2 is 2.31 bits per heavy atom. The van der Waals surface area contributed by atoms with Gasteiger partial charge in [0, 0.05) is 6.04 Å². The van der Waals surface area contributed by atoms with E-state index in [0.29, 0.717) is 12.2 Å². The lowest BCUT2D eigenvalue weighted by Gasteiger charge is -2.22. The number of carbonyl (C=O) groups is 1. The number of ether oxygens (including phenoxy) is 2. The zero-order valence-corrected chi connectivity index (χ0v) is 9.75. The molecule has 0 radical (unpaired) electrons. The van der Waals surface area contributed by atoms with Crippen LogP contribution in [0.15, 0.2) is 18.2 Å². The van der Waals surface area contributed by atoms with Gasteiger partial charge in [0.25, 0.3) is 0 Å². The molecule has 0 saturated carbocycles. The Morgan fingerprint density at radius 1 is 1.56 bits per heavy atom. The molecular weight excluding hydrogens is 230 g/mol. The van der Waals surface area contributed by atoms with Crippen molar-refractivity contribution in [3.8, 4) is 5.75 Å². The molecule has 4 nitrogen and oxygen atoms in total. The zero-order chi connectivity index (χ0) is 10.8. The van der Waals surface area contributed by atoms with Crippen LogP contribution in [0.1, 0.15) is 15.9 Å². The number of nitrogens with two attached hydrogens (primary N) is 1. The number of carbonyl (C=O) groups excluding carboxylic acids is 1. The van der Waals surface area contributed by atoms with Crippen molar-refractivity contribution >= 4 is 18.4 Å². The fourth-order valence-electron chi connectivity index (χ4n) is 1.66. The molecule has 88 valence electrons. The Morgan fingerprint density at radius 3 is 3.00 bits per heavy atom. The van der Waals surface area contributed by atoms with Gasteiger partial charge in [-0.1, -0.05) is 0 Å². The van der Waals surface area contributed by atoms with Gasteiger partial charge in [0.1, 0.15) is 12.4 Å². The molecule has 1 heterocycles. The van der Waals surface area contributed by atoms with Crippen molar-refractivity contribution in [2.24, 2.45) is 5.73 Å². The summed E-state index contributed by atoms with van der Waals surface area (Å²) >= 11 is 0.